The number of carbonyl (C=O) groups is 1. The minimum atomic E-state index is -0.849. The van der Waals surface area contributed by atoms with Crippen LogP contribution in [0.1, 0.15) is 54.7 Å². The fourth-order valence-electron chi connectivity index (χ4n) is 2.87. The Morgan fingerprint density at radius 3 is 2.72 bits per heavy atom. The Hall–Kier alpha value is -1.36. The number of hydrogen-bond acceptors (Lipinski definition) is 3. The standard InChI is InChI=1S/C13H19N3O2/c1-13(4-5-13)11-10(12(17)18)8-15-16(11)9-2-6-14-7-3-9/h8-9,14H,2-7H2,1H3,(H,17,18). The maximum Gasteiger partial charge on any atom is 0.339 e. The third-order valence-electron chi connectivity index (χ3n) is 4.25. The zero-order chi connectivity index (χ0) is 12.8. The van der Waals surface area contributed by atoms with Gasteiger partial charge in [0.1, 0.15) is 5.56 Å². The van der Waals surface area contributed by atoms with Gasteiger partial charge in [-0.1, -0.05) is 6.92 Å². The lowest BCUT2D eigenvalue weighted by Crippen LogP contribution is -2.31. The number of aromatic carboxylic acids is 1. The van der Waals surface area contributed by atoms with E-state index < -0.39 is 5.97 Å². The highest BCUT2D eigenvalue weighted by Crippen LogP contribution is 2.49. The highest BCUT2D eigenvalue weighted by Gasteiger charge is 2.45. The SMILES string of the molecule is CC1(c2c(C(=O)O)cnn2C2CCNCC2)CC1. The molecule has 2 N–H and O–H groups in total. The Labute approximate surface area is 106 Å². The van der Waals surface area contributed by atoms with Gasteiger partial charge in [-0.05, 0) is 38.8 Å². The van der Waals surface area contributed by atoms with Crippen molar-refractivity contribution in [1.82, 2.24) is 15.1 Å². The number of hydrogen-bond donors (Lipinski definition) is 2. The lowest BCUT2D eigenvalue weighted by atomic mass is 9.99. The molecule has 18 heavy (non-hydrogen) atoms. The summed E-state index contributed by atoms with van der Waals surface area (Å²) in [6.07, 6.45) is 5.74. The molecule has 0 aromatic carbocycles. The molecule has 1 aliphatic heterocycles. The maximum absolute atomic E-state index is 11.3. The smallest absolute Gasteiger partial charge is 0.339 e. The van der Waals surface area contributed by atoms with Crippen LogP contribution in [0.15, 0.2) is 6.20 Å². The molecule has 2 fully saturated rings. The summed E-state index contributed by atoms with van der Waals surface area (Å²) in [6, 6.07) is 0.353. The second-order valence-corrected chi connectivity index (χ2v) is 5.70. The van der Waals surface area contributed by atoms with E-state index in [2.05, 4.69) is 17.3 Å². The van der Waals surface area contributed by atoms with Crippen molar-refractivity contribution >= 4 is 5.97 Å². The first kappa shape index (κ1) is 11.7. The van der Waals surface area contributed by atoms with Gasteiger partial charge in [0, 0.05) is 5.41 Å². The number of nitrogens with one attached hydrogen (secondary N) is 1. The molecular weight excluding hydrogens is 230 g/mol. The van der Waals surface area contributed by atoms with Crippen LogP contribution in [0.25, 0.3) is 0 Å². The van der Waals surface area contributed by atoms with E-state index >= 15 is 0 Å². The van der Waals surface area contributed by atoms with E-state index in [4.69, 9.17) is 0 Å². The van der Waals surface area contributed by atoms with Gasteiger partial charge in [0.05, 0.1) is 17.9 Å². The van der Waals surface area contributed by atoms with E-state index in [9.17, 15) is 9.90 Å². The molecule has 0 bridgehead atoms. The first-order valence-corrected chi connectivity index (χ1v) is 6.64. The Balaban J connectivity index is 2.01. The molecule has 0 amide bonds. The van der Waals surface area contributed by atoms with Crippen molar-refractivity contribution in [1.29, 1.82) is 0 Å². The molecule has 5 nitrogen and oxygen atoms in total. The summed E-state index contributed by atoms with van der Waals surface area (Å²) in [6.45, 7) is 4.13. The third-order valence-corrected chi connectivity index (χ3v) is 4.25. The van der Waals surface area contributed by atoms with Crippen LogP contribution < -0.4 is 5.32 Å². The molecule has 98 valence electrons. The monoisotopic (exact) mass is 249 g/mol. The number of aromatic nitrogens is 2. The number of piperidine rings is 1. The molecular formula is C13H19N3O2. The van der Waals surface area contributed by atoms with Crippen molar-refractivity contribution in [3.05, 3.63) is 17.5 Å². The van der Waals surface area contributed by atoms with Gasteiger partial charge < -0.3 is 10.4 Å². The Bertz CT molecular complexity index is 471. The molecule has 1 aromatic rings. The van der Waals surface area contributed by atoms with E-state index in [1.54, 1.807) is 0 Å². The normalized spacial score (nSPS) is 22.9. The zero-order valence-electron chi connectivity index (χ0n) is 10.6. The van der Waals surface area contributed by atoms with Crippen molar-refractivity contribution in [3.8, 4) is 0 Å². The van der Waals surface area contributed by atoms with Crippen LogP contribution in [0.5, 0.6) is 0 Å². The molecule has 0 radical (unpaired) electrons. The summed E-state index contributed by atoms with van der Waals surface area (Å²) in [5.74, 6) is -0.849. The van der Waals surface area contributed by atoms with Crippen LogP contribution in [-0.4, -0.2) is 33.9 Å². The lowest BCUT2D eigenvalue weighted by molar-refractivity contribution is 0.0694. The molecule has 0 spiro atoms. The first-order valence-electron chi connectivity index (χ1n) is 6.64. The summed E-state index contributed by atoms with van der Waals surface area (Å²) in [4.78, 5) is 11.3. The van der Waals surface area contributed by atoms with Crippen LogP contribution in [-0.2, 0) is 5.41 Å². The molecule has 1 aromatic heterocycles. The van der Waals surface area contributed by atoms with Crippen LogP contribution in [0.2, 0.25) is 0 Å². The molecule has 0 unspecified atom stereocenters. The zero-order valence-corrected chi connectivity index (χ0v) is 10.6. The fraction of sp³-hybridized carbons (Fsp3) is 0.692. The summed E-state index contributed by atoms with van der Waals surface area (Å²) in [5, 5.41) is 17.0. The van der Waals surface area contributed by atoms with Crippen molar-refractivity contribution in [3.63, 3.8) is 0 Å². The average Bonchev–Trinajstić information content (AvgIpc) is 2.95. The van der Waals surface area contributed by atoms with Gasteiger partial charge in [0.2, 0.25) is 0 Å². The van der Waals surface area contributed by atoms with E-state index in [1.807, 2.05) is 4.68 Å². The number of carboxylic acids is 1. The van der Waals surface area contributed by atoms with E-state index in [0.29, 0.717) is 11.6 Å². The van der Waals surface area contributed by atoms with Crippen molar-refractivity contribution < 1.29 is 9.90 Å². The lowest BCUT2D eigenvalue weighted by Gasteiger charge is -2.26. The van der Waals surface area contributed by atoms with Gasteiger partial charge in [0.25, 0.3) is 0 Å². The second kappa shape index (κ2) is 4.09. The number of rotatable bonds is 3. The highest BCUT2D eigenvalue weighted by molar-refractivity contribution is 5.89. The van der Waals surface area contributed by atoms with Crippen LogP contribution >= 0.6 is 0 Å². The highest BCUT2D eigenvalue weighted by atomic mass is 16.4. The van der Waals surface area contributed by atoms with Gasteiger partial charge >= 0.3 is 5.97 Å². The predicted octanol–water partition coefficient (Wildman–Crippen LogP) is 1.56. The summed E-state index contributed by atoms with van der Waals surface area (Å²) in [5.41, 5.74) is 1.38. The van der Waals surface area contributed by atoms with Crippen LogP contribution in [0.3, 0.4) is 0 Å². The topological polar surface area (TPSA) is 67.1 Å². The van der Waals surface area contributed by atoms with Gasteiger partial charge in [-0.3, -0.25) is 4.68 Å². The molecule has 0 atom stereocenters. The average molecular weight is 249 g/mol. The number of nitrogens with zero attached hydrogens (tertiary/aromatic N) is 2. The summed E-state index contributed by atoms with van der Waals surface area (Å²) < 4.78 is 2.00. The predicted molar refractivity (Wildman–Crippen MR) is 66.9 cm³/mol. The molecule has 1 saturated heterocycles. The molecule has 5 heteroatoms. The third kappa shape index (κ3) is 1.82. The fourth-order valence-corrected chi connectivity index (χ4v) is 2.87. The van der Waals surface area contributed by atoms with Gasteiger partial charge in [-0.15, -0.1) is 0 Å². The minimum absolute atomic E-state index is 0.0368. The molecule has 2 heterocycles. The molecule has 2 aliphatic rings. The van der Waals surface area contributed by atoms with E-state index in [1.165, 1.54) is 6.20 Å². The first-order chi connectivity index (χ1) is 8.62. The largest absolute Gasteiger partial charge is 0.478 e. The van der Waals surface area contributed by atoms with E-state index in [-0.39, 0.29) is 5.41 Å². The summed E-state index contributed by atoms with van der Waals surface area (Å²) in [7, 11) is 0. The van der Waals surface area contributed by atoms with Crippen LogP contribution in [0.4, 0.5) is 0 Å². The second-order valence-electron chi connectivity index (χ2n) is 5.70. The summed E-state index contributed by atoms with van der Waals surface area (Å²) >= 11 is 0. The maximum atomic E-state index is 11.3. The molecule has 1 saturated carbocycles. The van der Waals surface area contributed by atoms with Gasteiger partial charge in [0.15, 0.2) is 0 Å². The van der Waals surface area contributed by atoms with Crippen molar-refractivity contribution in [2.24, 2.45) is 0 Å². The Kier molecular flexibility index (Phi) is 2.66. The molecule has 3 rings (SSSR count). The quantitative estimate of drug-likeness (QED) is 0.853. The van der Waals surface area contributed by atoms with E-state index in [0.717, 1.165) is 44.5 Å². The van der Waals surface area contributed by atoms with Crippen molar-refractivity contribution in [2.45, 2.75) is 44.1 Å². The van der Waals surface area contributed by atoms with Crippen LogP contribution in [0, 0.1) is 0 Å². The minimum Gasteiger partial charge on any atom is -0.478 e. The Morgan fingerprint density at radius 2 is 2.17 bits per heavy atom. The molecule has 1 aliphatic carbocycles. The van der Waals surface area contributed by atoms with Gasteiger partial charge in [-0.25, -0.2) is 4.79 Å². The Morgan fingerprint density at radius 1 is 1.50 bits per heavy atom. The van der Waals surface area contributed by atoms with Gasteiger partial charge in [-0.2, -0.15) is 5.10 Å². The number of carboxylic acid groups (broad SMARTS) is 1. The van der Waals surface area contributed by atoms with Crippen molar-refractivity contribution in [2.75, 3.05) is 13.1 Å².